The third-order valence-corrected chi connectivity index (χ3v) is 5.09. The molecule has 27 heavy (non-hydrogen) atoms. The van der Waals surface area contributed by atoms with Crippen molar-refractivity contribution in [3.8, 4) is 0 Å². The average Bonchev–Trinajstić information content (AvgIpc) is 2.98. The van der Waals surface area contributed by atoms with E-state index in [1.165, 1.54) is 11.1 Å². The van der Waals surface area contributed by atoms with Crippen LogP contribution in [0.15, 0.2) is 71.9 Å². The van der Waals surface area contributed by atoms with E-state index in [0.717, 1.165) is 43.5 Å². The summed E-state index contributed by atoms with van der Waals surface area (Å²) in [7, 11) is 0. The Kier molecular flexibility index (Phi) is 6.33. The van der Waals surface area contributed by atoms with E-state index < -0.39 is 0 Å². The van der Waals surface area contributed by atoms with E-state index in [2.05, 4.69) is 60.9 Å². The van der Waals surface area contributed by atoms with Gasteiger partial charge < -0.3 is 10.6 Å². The molecule has 2 aromatic rings. The molecule has 2 aromatic carbocycles. The van der Waals surface area contributed by atoms with Gasteiger partial charge in [0.1, 0.15) is 0 Å². The van der Waals surface area contributed by atoms with Crippen molar-refractivity contribution in [2.24, 2.45) is 5.41 Å². The number of rotatable bonds is 8. The molecule has 0 heterocycles. The second-order valence-corrected chi connectivity index (χ2v) is 8.13. The molecular formula is C24H30N2O. The SMILES string of the molecule is CC1(C)CC(NCCc2ccccc2)=C(C(=O)NCCc2ccccc2)C1. The fourth-order valence-electron chi connectivity index (χ4n) is 3.69. The van der Waals surface area contributed by atoms with Crippen LogP contribution in [-0.4, -0.2) is 19.0 Å². The Balaban J connectivity index is 1.55. The van der Waals surface area contributed by atoms with Crippen molar-refractivity contribution in [2.75, 3.05) is 13.1 Å². The third kappa shape index (κ3) is 5.72. The fraction of sp³-hybridized carbons (Fsp3) is 0.375. The van der Waals surface area contributed by atoms with Crippen LogP contribution < -0.4 is 10.6 Å². The van der Waals surface area contributed by atoms with Crippen molar-refractivity contribution in [1.29, 1.82) is 0 Å². The van der Waals surface area contributed by atoms with Crippen molar-refractivity contribution in [1.82, 2.24) is 10.6 Å². The third-order valence-electron chi connectivity index (χ3n) is 5.09. The van der Waals surface area contributed by atoms with Crippen molar-refractivity contribution >= 4 is 5.91 Å². The lowest BCUT2D eigenvalue weighted by atomic mass is 9.89. The monoisotopic (exact) mass is 362 g/mol. The molecule has 1 amide bonds. The van der Waals surface area contributed by atoms with Crippen LogP contribution in [0.5, 0.6) is 0 Å². The van der Waals surface area contributed by atoms with Gasteiger partial charge in [0.25, 0.3) is 0 Å². The van der Waals surface area contributed by atoms with Crippen LogP contribution in [0, 0.1) is 5.41 Å². The summed E-state index contributed by atoms with van der Waals surface area (Å²) in [5, 5.41) is 6.66. The van der Waals surface area contributed by atoms with Crippen LogP contribution in [0.2, 0.25) is 0 Å². The Labute approximate surface area is 162 Å². The summed E-state index contributed by atoms with van der Waals surface area (Å²) in [6, 6.07) is 20.7. The molecule has 0 saturated heterocycles. The lowest BCUT2D eigenvalue weighted by molar-refractivity contribution is -0.117. The molecule has 0 aliphatic heterocycles. The zero-order chi connectivity index (χ0) is 19.1. The van der Waals surface area contributed by atoms with Crippen LogP contribution in [0.25, 0.3) is 0 Å². The second-order valence-electron chi connectivity index (χ2n) is 8.13. The predicted molar refractivity (Wildman–Crippen MR) is 111 cm³/mol. The predicted octanol–water partition coefficient (Wildman–Crippen LogP) is 4.25. The Morgan fingerprint density at radius 1 is 0.852 bits per heavy atom. The van der Waals surface area contributed by atoms with Crippen molar-refractivity contribution < 1.29 is 4.79 Å². The Bertz CT molecular complexity index is 779. The molecule has 2 N–H and O–H groups in total. The normalized spacial score (nSPS) is 15.6. The number of nitrogens with one attached hydrogen (secondary N) is 2. The molecular weight excluding hydrogens is 332 g/mol. The zero-order valence-electron chi connectivity index (χ0n) is 16.4. The highest BCUT2D eigenvalue weighted by Gasteiger charge is 2.33. The molecule has 0 saturated carbocycles. The summed E-state index contributed by atoms with van der Waals surface area (Å²) in [4.78, 5) is 12.8. The molecule has 0 unspecified atom stereocenters. The van der Waals surface area contributed by atoms with Crippen molar-refractivity contribution in [2.45, 2.75) is 39.5 Å². The van der Waals surface area contributed by atoms with E-state index in [-0.39, 0.29) is 11.3 Å². The highest BCUT2D eigenvalue weighted by atomic mass is 16.1. The molecule has 0 spiro atoms. The maximum absolute atomic E-state index is 12.8. The molecule has 3 heteroatoms. The minimum Gasteiger partial charge on any atom is -0.388 e. The quantitative estimate of drug-likeness (QED) is 0.737. The summed E-state index contributed by atoms with van der Waals surface area (Å²) >= 11 is 0. The first-order valence-electron chi connectivity index (χ1n) is 9.85. The van der Waals surface area contributed by atoms with E-state index in [1.807, 2.05) is 24.3 Å². The molecule has 1 aliphatic rings. The van der Waals surface area contributed by atoms with E-state index >= 15 is 0 Å². The van der Waals surface area contributed by atoms with E-state index in [1.54, 1.807) is 0 Å². The summed E-state index contributed by atoms with van der Waals surface area (Å²) in [6.45, 7) is 5.99. The van der Waals surface area contributed by atoms with E-state index in [9.17, 15) is 4.79 Å². The van der Waals surface area contributed by atoms with Gasteiger partial charge in [-0.2, -0.15) is 0 Å². The number of hydrogen-bond donors (Lipinski definition) is 2. The summed E-state index contributed by atoms with van der Waals surface area (Å²) in [6.07, 6.45) is 3.59. The summed E-state index contributed by atoms with van der Waals surface area (Å²) < 4.78 is 0. The molecule has 0 bridgehead atoms. The van der Waals surface area contributed by atoms with Gasteiger partial charge in [0.05, 0.1) is 0 Å². The second kappa shape index (κ2) is 8.90. The maximum atomic E-state index is 12.8. The Hall–Kier alpha value is -2.55. The number of carbonyl (C=O) groups excluding carboxylic acids is 1. The van der Waals surface area contributed by atoms with E-state index in [0.29, 0.717) is 6.54 Å². The molecule has 3 rings (SSSR count). The molecule has 0 radical (unpaired) electrons. The van der Waals surface area contributed by atoms with Crippen molar-refractivity contribution in [3.05, 3.63) is 83.1 Å². The lowest BCUT2D eigenvalue weighted by Crippen LogP contribution is -2.29. The van der Waals surface area contributed by atoms with Gasteiger partial charge in [0.2, 0.25) is 5.91 Å². The lowest BCUT2D eigenvalue weighted by Gasteiger charge is -2.17. The van der Waals surface area contributed by atoms with Crippen LogP contribution in [0.3, 0.4) is 0 Å². The standard InChI is InChI=1S/C24H30N2O/c1-24(2)17-21(23(27)26-16-14-20-11-7-4-8-12-20)22(18-24)25-15-13-19-9-5-3-6-10-19/h3-12,25H,13-18H2,1-2H3,(H,26,27). The molecule has 142 valence electrons. The minimum absolute atomic E-state index is 0.0821. The van der Waals surface area contributed by atoms with Gasteiger partial charge in [0, 0.05) is 24.4 Å². The molecule has 3 nitrogen and oxygen atoms in total. The zero-order valence-corrected chi connectivity index (χ0v) is 16.4. The first kappa shape index (κ1) is 19.2. The number of carbonyl (C=O) groups is 1. The van der Waals surface area contributed by atoms with Crippen LogP contribution in [-0.2, 0) is 17.6 Å². The maximum Gasteiger partial charge on any atom is 0.248 e. The van der Waals surface area contributed by atoms with Gasteiger partial charge in [-0.05, 0) is 42.2 Å². The number of amides is 1. The average molecular weight is 363 g/mol. The Morgan fingerprint density at radius 2 is 1.41 bits per heavy atom. The van der Waals surface area contributed by atoms with Crippen LogP contribution in [0.4, 0.5) is 0 Å². The topological polar surface area (TPSA) is 41.1 Å². The van der Waals surface area contributed by atoms with Gasteiger partial charge in [-0.1, -0.05) is 74.5 Å². The molecule has 0 atom stereocenters. The number of allylic oxidation sites excluding steroid dienone is 1. The van der Waals surface area contributed by atoms with Crippen LogP contribution >= 0.6 is 0 Å². The van der Waals surface area contributed by atoms with Crippen molar-refractivity contribution in [3.63, 3.8) is 0 Å². The van der Waals surface area contributed by atoms with Crippen LogP contribution in [0.1, 0.15) is 37.8 Å². The summed E-state index contributed by atoms with van der Waals surface area (Å²) in [5.41, 5.74) is 4.76. The Morgan fingerprint density at radius 3 is 2.00 bits per heavy atom. The van der Waals surface area contributed by atoms with Gasteiger partial charge in [-0.3, -0.25) is 4.79 Å². The number of benzene rings is 2. The molecule has 1 aliphatic carbocycles. The smallest absolute Gasteiger partial charge is 0.248 e. The van der Waals surface area contributed by atoms with E-state index in [4.69, 9.17) is 0 Å². The highest BCUT2D eigenvalue weighted by Crippen LogP contribution is 2.40. The molecule has 0 aromatic heterocycles. The molecule has 0 fully saturated rings. The largest absolute Gasteiger partial charge is 0.388 e. The van der Waals surface area contributed by atoms with Gasteiger partial charge >= 0.3 is 0 Å². The first-order valence-corrected chi connectivity index (χ1v) is 9.85. The number of hydrogen-bond acceptors (Lipinski definition) is 2. The van der Waals surface area contributed by atoms with Gasteiger partial charge in [0.15, 0.2) is 0 Å². The summed E-state index contributed by atoms with van der Waals surface area (Å²) in [5.74, 6) is 0.0821. The highest BCUT2D eigenvalue weighted by molar-refractivity contribution is 5.94. The minimum atomic E-state index is 0.0821. The van der Waals surface area contributed by atoms with Gasteiger partial charge in [-0.15, -0.1) is 0 Å². The van der Waals surface area contributed by atoms with Gasteiger partial charge in [-0.25, -0.2) is 0 Å². The fourth-order valence-corrected chi connectivity index (χ4v) is 3.69. The first-order chi connectivity index (χ1) is 13.0.